The topological polar surface area (TPSA) is 104 Å². The highest BCUT2D eigenvalue weighted by atomic mass is 31.0. The Morgan fingerprint density at radius 3 is 2.55 bits per heavy atom. The lowest BCUT2D eigenvalue weighted by atomic mass is 10.1. The van der Waals surface area contributed by atoms with Gasteiger partial charge in [-0.1, -0.05) is 28.3 Å². The minimum atomic E-state index is -1.52. The van der Waals surface area contributed by atoms with Crippen LogP contribution in [-0.2, 0) is 9.53 Å². The second-order valence-electron chi connectivity index (χ2n) is 8.59. The number of ether oxygens (including phenoxy) is 1. The predicted octanol–water partition coefficient (Wildman–Crippen LogP) is 3.83. The van der Waals surface area contributed by atoms with E-state index in [4.69, 9.17) is 10.5 Å². The summed E-state index contributed by atoms with van der Waals surface area (Å²) in [5.74, 6) is -0.983. The first-order chi connectivity index (χ1) is 17.9. The summed E-state index contributed by atoms with van der Waals surface area (Å²) in [6.45, 7) is 13.4. The molecule has 2 unspecified atom stereocenters. The van der Waals surface area contributed by atoms with Crippen molar-refractivity contribution < 1.29 is 23.1 Å². The van der Waals surface area contributed by atoms with Gasteiger partial charge in [0.15, 0.2) is 0 Å². The Morgan fingerprint density at radius 2 is 2.00 bits per heavy atom. The fraction of sp³-hybridized carbons (Fsp3) is 0.444. The summed E-state index contributed by atoms with van der Waals surface area (Å²) in [5.41, 5.74) is 7.20. The van der Waals surface area contributed by atoms with E-state index in [0.29, 0.717) is 30.1 Å². The van der Waals surface area contributed by atoms with Crippen molar-refractivity contribution in [2.45, 2.75) is 60.0 Å². The summed E-state index contributed by atoms with van der Waals surface area (Å²) in [4.78, 5) is 29.6. The van der Waals surface area contributed by atoms with Crippen LogP contribution in [0.2, 0.25) is 0 Å². The number of nitrogens with one attached hydrogen (secondary N) is 1. The Labute approximate surface area is 225 Å². The molecule has 1 aromatic heterocycles. The van der Waals surface area contributed by atoms with Crippen LogP contribution >= 0.6 is 9.24 Å². The summed E-state index contributed by atoms with van der Waals surface area (Å²) in [6.07, 6.45) is 6.74. The van der Waals surface area contributed by atoms with E-state index >= 15 is 0 Å². The fourth-order valence-corrected chi connectivity index (χ4v) is 3.60. The van der Waals surface area contributed by atoms with Gasteiger partial charge in [-0.05, 0) is 63.5 Å². The number of nitrogens with two attached hydrogens (primary N) is 1. The molecule has 0 aliphatic heterocycles. The Hall–Kier alpha value is -3.10. The Balaban J connectivity index is 3.28. The lowest BCUT2D eigenvalue weighted by Crippen LogP contribution is -2.30. The van der Waals surface area contributed by atoms with Crippen molar-refractivity contribution in [3.63, 3.8) is 0 Å². The monoisotopic (exact) mass is 551 g/mol. The van der Waals surface area contributed by atoms with Crippen LogP contribution in [0.1, 0.15) is 64.4 Å². The highest BCUT2D eigenvalue weighted by Crippen LogP contribution is 2.15. The number of rotatable bonds is 15. The van der Waals surface area contributed by atoms with Crippen LogP contribution in [0, 0.1) is 0 Å². The molecule has 0 spiro atoms. The number of aromatic nitrogens is 1. The van der Waals surface area contributed by atoms with Crippen LogP contribution in [-0.4, -0.2) is 58.6 Å². The number of amides is 1. The third kappa shape index (κ3) is 11.1. The van der Waals surface area contributed by atoms with E-state index in [9.17, 15) is 18.4 Å². The highest BCUT2D eigenvalue weighted by molar-refractivity contribution is 7.16. The number of ketones is 1. The molecule has 1 aromatic rings. The van der Waals surface area contributed by atoms with Crippen LogP contribution in [0.4, 0.5) is 8.78 Å². The molecule has 8 nitrogen and oxygen atoms in total. The number of alkyl halides is 1. The third-order valence-corrected chi connectivity index (χ3v) is 5.68. The fourth-order valence-electron chi connectivity index (χ4n) is 3.49. The zero-order valence-corrected chi connectivity index (χ0v) is 24.0. The first-order valence-corrected chi connectivity index (χ1v) is 13.1. The molecule has 0 aliphatic rings. The minimum absolute atomic E-state index is 0.0230. The lowest BCUT2D eigenvalue weighted by molar-refractivity contribution is -0.128. The Kier molecular flexibility index (Phi) is 14.5. The molecule has 3 N–H and O–H groups in total. The SMILES string of the molecule is C=C(/C=c1/[nH]c(C(=O)/C=C(\N)N(/N=C\C)/C(C)=C(/C)F)c/c1=C/COC(F)P)CCCN(CCC)C(C)=O. The molecule has 0 saturated carbocycles. The number of hydrogen-bond donors (Lipinski definition) is 2. The molecular weight excluding hydrogens is 511 g/mol. The molecule has 38 heavy (non-hydrogen) atoms. The molecule has 0 saturated heterocycles. The first-order valence-electron chi connectivity index (χ1n) is 12.4. The third-order valence-electron chi connectivity index (χ3n) is 5.49. The Morgan fingerprint density at radius 1 is 1.32 bits per heavy atom. The molecule has 210 valence electrons. The van der Waals surface area contributed by atoms with Crippen molar-refractivity contribution in [1.82, 2.24) is 14.9 Å². The predicted molar refractivity (Wildman–Crippen MR) is 153 cm³/mol. The van der Waals surface area contributed by atoms with Gasteiger partial charge in [-0.2, -0.15) is 5.10 Å². The zero-order valence-electron chi connectivity index (χ0n) is 22.9. The maximum absolute atomic E-state index is 13.8. The number of carbonyl (C=O) groups is 2. The van der Waals surface area contributed by atoms with Gasteiger partial charge in [0.05, 0.1) is 18.0 Å². The molecule has 11 heteroatoms. The maximum Gasteiger partial charge on any atom is 0.219 e. The van der Waals surface area contributed by atoms with E-state index in [-0.39, 0.29) is 29.7 Å². The molecule has 2 atom stereocenters. The van der Waals surface area contributed by atoms with Crippen molar-refractivity contribution in [3.8, 4) is 0 Å². The normalized spacial score (nSPS) is 14.6. The van der Waals surface area contributed by atoms with Gasteiger partial charge in [0.2, 0.25) is 17.8 Å². The largest absolute Gasteiger partial charge is 0.384 e. The van der Waals surface area contributed by atoms with Crippen LogP contribution in [0.15, 0.2) is 46.7 Å². The summed E-state index contributed by atoms with van der Waals surface area (Å²) in [7, 11) is 1.91. The van der Waals surface area contributed by atoms with Gasteiger partial charge in [0.1, 0.15) is 11.6 Å². The van der Waals surface area contributed by atoms with Crippen LogP contribution in [0.5, 0.6) is 0 Å². The van der Waals surface area contributed by atoms with E-state index < -0.39 is 17.7 Å². The summed E-state index contributed by atoms with van der Waals surface area (Å²) in [5, 5.41) is 6.36. The second-order valence-corrected chi connectivity index (χ2v) is 9.11. The standard InChI is InChI=1S/C27H40F2N5O3P/c1-7-12-33(21(6)35)13-9-10-18(3)15-23-22(11-14-37-27(29)38)16-24(32-23)25(36)17-26(30)34(31-8-2)20(5)19(4)28/h8,11,15-17,27,32H,3,7,9-10,12-14,30,38H2,1-2,4-6H3/b20-19-,22-11-,23-15+,26-17+,31-8-. The van der Waals surface area contributed by atoms with Gasteiger partial charge in [0.25, 0.3) is 0 Å². The van der Waals surface area contributed by atoms with Gasteiger partial charge in [-0.3, -0.25) is 9.59 Å². The van der Waals surface area contributed by atoms with Crippen molar-refractivity contribution in [3.05, 3.63) is 57.9 Å². The molecule has 0 aromatic carbocycles. The van der Waals surface area contributed by atoms with Gasteiger partial charge in [-0.25, -0.2) is 13.8 Å². The first kappa shape index (κ1) is 32.9. The van der Waals surface area contributed by atoms with Gasteiger partial charge in [0, 0.05) is 37.7 Å². The van der Waals surface area contributed by atoms with Gasteiger partial charge >= 0.3 is 0 Å². The van der Waals surface area contributed by atoms with Crippen LogP contribution < -0.4 is 16.3 Å². The lowest BCUT2D eigenvalue weighted by Gasteiger charge is -2.20. The van der Waals surface area contributed by atoms with E-state index in [1.54, 1.807) is 37.0 Å². The average Bonchev–Trinajstić information content (AvgIpc) is 3.23. The van der Waals surface area contributed by atoms with Gasteiger partial charge in [-0.15, -0.1) is 0 Å². The maximum atomic E-state index is 13.8. The number of H-pyrrole nitrogens is 1. The van der Waals surface area contributed by atoms with Crippen molar-refractivity contribution in [2.24, 2.45) is 10.8 Å². The van der Waals surface area contributed by atoms with Crippen LogP contribution in [0.25, 0.3) is 12.2 Å². The molecule has 1 rings (SSSR count). The number of halogens is 2. The molecule has 0 radical (unpaired) electrons. The number of aromatic amines is 1. The van der Waals surface area contributed by atoms with Crippen molar-refractivity contribution >= 4 is 39.3 Å². The molecule has 1 amide bonds. The smallest absolute Gasteiger partial charge is 0.219 e. The number of allylic oxidation sites excluding steroid dienone is 4. The van der Waals surface area contributed by atoms with Crippen LogP contribution in [0.3, 0.4) is 0 Å². The number of hydrogen-bond acceptors (Lipinski definition) is 6. The summed E-state index contributed by atoms with van der Waals surface area (Å²) < 4.78 is 31.8. The van der Waals surface area contributed by atoms with E-state index in [1.165, 1.54) is 20.1 Å². The molecule has 1 heterocycles. The molecular formula is C27H40F2N5O3P. The molecule has 0 bridgehead atoms. The van der Waals surface area contributed by atoms with Crippen molar-refractivity contribution in [1.29, 1.82) is 0 Å². The van der Waals surface area contributed by atoms with Gasteiger partial charge < -0.3 is 20.4 Å². The average molecular weight is 552 g/mol. The van der Waals surface area contributed by atoms with Crippen molar-refractivity contribution in [2.75, 3.05) is 19.7 Å². The highest BCUT2D eigenvalue weighted by Gasteiger charge is 2.14. The minimum Gasteiger partial charge on any atom is -0.384 e. The van der Waals surface area contributed by atoms with E-state index in [2.05, 4.69) is 16.7 Å². The summed E-state index contributed by atoms with van der Waals surface area (Å²) >= 11 is 0. The Bertz CT molecular complexity index is 1180. The molecule has 0 aliphatic carbocycles. The quantitative estimate of drug-likeness (QED) is 0.113. The molecule has 0 fully saturated rings. The number of nitrogens with zero attached hydrogens (tertiary/aromatic N) is 3. The van der Waals surface area contributed by atoms with E-state index in [1.807, 2.05) is 16.2 Å². The summed E-state index contributed by atoms with van der Waals surface area (Å²) in [6, 6.07) is 1.60. The number of hydrazone groups is 1. The number of carbonyl (C=O) groups excluding carboxylic acids is 2. The second kappa shape index (κ2) is 16.7. The van der Waals surface area contributed by atoms with E-state index in [0.717, 1.165) is 29.5 Å². The zero-order chi connectivity index (χ0) is 28.8.